The Balaban J connectivity index is 1.17. The van der Waals surface area contributed by atoms with Crippen LogP contribution >= 0.6 is 0 Å². The van der Waals surface area contributed by atoms with E-state index in [0.717, 1.165) is 71.2 Å². The summed E-state index contributed by atoms with van der Waals surface area (Å²) in [6.45, 7) is 11.9. The molecule has 1 aliphatic rings. The summed E-state index contributed by atoms with van der Waals surface area (Å²) in [5.74, 6) is -0.352. The van der Waals surface area contributed by atoms with E-state index in [1.54, 1.807) is 25.1 Å². The first kappa shape index (κ1) is 41.0. The molecule has 0 bridgehead atoms. The molecular formula is C46H48O10. The first-order valence-electron chi connectivity index (χ1n) is 18.7. The average molecular weight is 761 g/mol. The molecule has 0 saturated heterocycles. The van der Waals surface area contributed by atoms with Gasteiger partial charge in [-0.15, -0.1) is 0 Å². The molecular weight excluding hydrogens is 712 g/mol. The van der Waals surface area contributed by atoms with E-state index in [1.165, 1.54) is 6.42 Å². The fraction of sp³-hybridized carbons (Fsp3) is 0.304. The van der Waals surface area contributed by atoms with Gasteiger partial charge < -0.3 is 28.4 Å². The fourth-order valence-electron chi connectivity index (χ4n) is 7.03. The number of hydrogen-bond acceptors (Lipinski definition) is 10. The second-order valence-corrected chi connectivity index (χ2v) is 13.8. The molecule has 10 nitrogen and oxygen atoms in total. The minimum atomic E-state index is -0.574. The number of carbonyl (C=O) groups excluding carboxylic acids is 4. The molecule has 0 N–H and O–H groups in total. The lowest BCUT2D eigenvalue weighted by atomic mass is 9.65. The van der Waals surface area contributed by atoms with Crippen LogP contribution in [0.15, 0.2) is 110 Å². The summed E-state index contributed by atoms with van der Waals surface area (Å²) in [4.78, 5) is 48.5. The standard InChI is InChI=1S/C46H48O10/c1-6-42(47)53-29-51-39-17-11-34(31(3)27-39)12-24-44(49)55-37-18-13-35(14-19-37)46(25-9-8-10-26-46)36-15-20-38(21-16-36)56-45(50)33(5)41-23-22-40(28-32(41)4)52-30-54-43(48)7-2/h6-7,11,13-23,27-28,33H,1-2,8-10,12,24-26,29-30H2,3-5H3. The summed E-state index contributed by atoms with van der Waals surface area (Å²) in [7, 11) is 0. The molecule has 0 radical (unpaired) electrons. The Kier molecular flexibility index (Phi) is 14.2. The number of rotatable bonds is 17. The highest BCUT2D eigenvalue weighted by Crippen LogP contribution is 2.45. The summed E-state index contributed by atoms with van der Waals surface area (Å²) in [6, 6.07) is 26.4. The van der Waals surface area contributed by atoms with E-state index in [1.807, 2.05) is 80.6 Å². The minimum Gasteiger partial charge on any atom is -0.457 e. The molecule has 0 aromatic heterocycles. The molecule has 5 rings (SSSR count). The average Bonchev–Trinajstić information content (AvgIpc) is 3.21. The number of aryl methyl sites for hydroxylation is 3. The van der Waals surface area contributed by atoms with Gasteiger partial charge in [-0.3, -0.25) is 9.59 Å². The van der Waals surface area contributed by atoms with E-state index in [-0.39, 0.29) is 37.4 Å². The number of esters is 4. The molecule has 0 amide bonds. The molecule has 10 heteroatoms. The largest absolute Gasteiger partial charge is 0.457 e. The summed E-state index contributed by atoms with van der Waals surface area (Å²) < 4.78 is 32.2. The van der Waals surface area contributed by atoms with Crippen LogP contribution in [-0.4, -0.2) is 37.5 Å². The van der Waals surface area contributed by atoms with Gasteiger partial charge in [-0.05, 0) is 122 Å². The SMILES string of the molecule is C=CC(=O)OCOc1ccc(CCC(=O)Oc2ccc(C3(c4ccc(OC(=O)C(C)c5ccc(OCOC(=O)C=C)cc5C)cc4)CCCCC3)cc2)c(C)c1. The Labute approximate surface area is 328 Å². The maximum absolute atomic E-state index is 13.2. The third kappa shape index (κ3) is 10.7. The molecule has 1 aliphatic carbocycles. The van der Waals surface area contributed by atoms with E-state index < -0.39 is 17.9 Å². The van der Waals surface area contributed by atoms with Gasteiger partial charge in [0.1, 0.15) is 23.0 Å². The van der Waals surface area contributed by atoms with Crippen LogP contribution in [-0.2, 0) is 40.5 Å². The zero-order valence-electron chi connectivity index (χ0n) is 32.2. The van der Waals surface area contributed by atoms with Crippen LogP contribution in [0.1, 0.15) is 84.7 Å². The van der Waals surface area contributed by atoms with E-state index in [2.05, 4.69) is 13.2 Å². The van der Waals surface area contributed by atoms with Gasteiger partial charge in [-0.25, -0.2) is 9.59 Å². The monoisotopic (exact) mass is 760 g/mol. The van der Waals surface area contributed by atoms with Crippen molar-refractivity contribution < 1.29 is 47.6 Å². The van der Waals surface area contributed by atoms with Crippen molar-refractivity contribution in [3.8, 4) is 23.0 Å². The van der Waals surface area contributed by atoms with Crippen LogP contribution < -0.4 is 18.9 Å². The lowest BCUT2D eigenvalue weighted by Gasteiger charge is -2.38. The van der Waals surface area contributed by atoms with Gasteiger partial charge in [-0.2, -0.15) is 0 Å². The molecule has 1 saturated carbocycles. The van der Waals surface area contributed by atoms with E-state index in [9.17, 15) is 19.2 Å². The molecule has 0 aliphatic heterocycles. The molecule has 4 aromatic carbocycles. The number of benzene rings is 4. The Bertz CT molecular complexity index is 2020. The Hall–Kier alpha value is -6.16. The maximum atomic E-state index is 13.2. The highest BCUT2D eigenvalue weighted by atomic mass is 16.7. The van der Waals surface area contributed by atoms with Gasteiger partial charge in [0, 0.05) is 24.0 Å². The molecule has 56 heavy (non-hydrogen) atoms. The van der Waals surface area contributed by atoms with Crippen molar-refractivity contribution in [2.45, 2.75) is 77.0 Å². The van der Waals surface area contributed by atoms with Gasteiger partial charge in [0.25, 0.3) is 0 Å². The minimum absolute atomic E-state index is 0.205. The van der Waals surface area contributed by atoms with Gasteiger partial charge in [0.2, 0.25) is 13.6 Å². The lowest BCUT2D eigenvalue weighted by Crippen LogP contribution is -2.30. The first-order chi connectivity index (χ1) is 27.0. The molecule has 0 spiro atoms. The quantitative estimate of drug-likeness (QED) is 0.0446. The summed E-state index contributed by atoms with van der Waals surface area (Å²) in [5.41, 5.74) is 5.65. The fourth-order valence-corrected chi connectivity index (χ4v) is 7.03. The van der Waals surface area contributed by atoms with Gasteiger partial charge in [0.05, 0.1) is 5.92 Å². The molecule has 1 unspecified atom stereocenters. The Morgan fingerprint density at radius 2 is 1.16 bits per heavy atom. The van der Waals surface area contributed by atoms with Crippen LogP contribution in [0.25, 0.3) is 0 Å². The molecule has 0 heterocycles. The lowest BCUT2D eigenvalue weighted by molar-refractivity contribution is -0.145. The zero-order valence-corrected chi connectivity index (χ0v) is 32.2. The summed E-state index contributed by atoms with van der Waals surface area (Å²) >= 11 is 0. The predicted octanol–water partition coefficient (Wildman–Crippen LogP) is 8.93. The third-order valence-corrected chi connectivity index (χ3v) is 10.1. The summed E-state index contributed by atoms with van der Waals surface area (Å²) in [5, 5.41) is 0. The molecule has 1 atom stereocenters. The highest BCUT2D eigenvalue weighted by Gasteiger charge is 2.36. The molecule has 1 fully saturated rings. The van der Waals surface area contributed by atoms with Gasteiger partial charge >= 0.3 is 23.9 Å². The third-order valence-electron chi connectivity index (χ3n) is 10.1. The van der Waals surface area contributed by atoms with Crippen molar-refractivity contribution in [1.29, 1.82) is 0 Å². The van der Waals surface area contributed by atoms with Gasteiger partial charge in [0.15, 0.2) is 0 Å². The van der Waals surface area contributed by atoms with Crippen LogP contribution in [0, 0.1) is 13.8 Å². The Morgan fingerprint density at radius 3 is 1.68 bits per heavy atom. The van der Waals surface area contributed by atoms with E-state index in [0.29, 0.717) is 29.4 Å². The van der Waals surface area contributed by atoms with E-state index >= 15 is 0 Å². The number of carbonyl (C=O) groups is 4. The number of hydrogen-bond donors (Lipinski definition) is 0. The van der Waals surface area contributed by atoms with Crippen molar-refractivity contribution in [1.82, 2.24) is 0 Å². The molecule has 4 aromatic rings. The molecule has 292 valence electrons. The normalized spacial score (nSPS) is 13.7. The van der Waals surface area contributed by atoms with Crippen molar-refractivity contribution in [2.24, 2.45) is 0 Å². The predicted molar refractivity (Wildman–Crippen MR) is 211 cm³/mol. The number of ether oxygens (including phenoxy) is 6. The topological polar surface area (TPSA) is 124 Å². The zero-order chi connectivity index (χ0) is 40.1. The highest BCUT2D eigenvalue weighted by molar-refractivity contribution is 5.82. The van der Waals surface area contributed by atoms with Crippen LogP contribution in [0.5, 0.6) is 23.0 Å². The maximum Gasteiger partial charge on any atom is 0.333 e. The Morgan fingerprint density at radius 1 is 0.661 bits per heavy atom. The van der Waals surface area contributed by atoms with Crippen LogP contribution in [0.4, 0.5) is 0 Å². The second-order valence-electron chi connectivity index (χ2n) is 13.8. The van der Waals surface area contributed by atoms with Crippen molar-refractivity contribution >= 4 is 23.9 Å². The van der Waals surface area contributed by atoms with Crippen LogP contribution in [0.2, 0.25) is 0 Å². The smallest absolute Gasteiger partial charge is 0.333 e. The van der Waals surface area contributed by atoms with Gasteiger partial charge in [-0.1, -0.05) is 68.8 Å². The van der Waals surface area contributed by atoms with Crippen molar-refractivity contribution in [3.05, 3.63) is 144 Å². The second kappa shape index (κ2) is 19.4. The summed E-state index contributed by atoms with van der Waals surface area (Å²) in [6.07, 6.45) is 8.13. The first-order valence-corrected chi connectivity index (χ1v) is 18.7. The van der Waals surface area contributed by atoms with Crippen molar-refractivity contribution in [2.75, 3.05) is 13.6 Å². The van der Waals surface area contributed by atoms with E-state index in [4.69, 9.17) is 28.4 Å². The van der Waals surface area contributed by atoms with Crippen molar-refractivity contribution in [3.63, 3.8) is 0 Å². The van der Waals surface area contributed by atoms with Crippen LogP contribution in [0.3, 0.4) is 0 Å².